The molecule has 1 aromatic heterocycles. The molecule has 110 valence electrons. The number of rotatable bonds is 3. The number of thioether (sulfide) groups is 1. The molecule has 0 aliphatic carbocycles. The van der Waals surface area contributed by atoms with E-state index < -0.39 is 5.60 Å². The Hall–Kier alpha value is -1.23. The van der Waals surface area contributed by atoms with Crippen LogP contribution in [0.5, 0.6) is 0 Å². The number of carbonyl (C=O) groups is 1. The molecule has 4 nitrogen and oxygen atoms in total. The molecule has 1 aromatic rings. The van der Waals surface area contributed by atoms with Crippen molar-refractivity contribution in [2.24, 2.45) is 0 Å². The summed E-state index contributed by atoms with van der Waals surface area (Å²) in [5.41, 5.74) is -0.428. The van der Waals surface area contributed by atoms with Crippen molar-refractivity contribution in [3.63, 3.8) is 0 Å². The number of carbonyl (C=O) groups excluding carboxylic acids is 1. The molecule has 0 bridgehead atoms. The van der Waals surface area contributed by atoms with Crippen LogP contribution in [0, 0.1) is 0 Å². The summed E-state index contributed by atoms with van der Waals surface area (Å²) < 4.78 is 5.47. The summed E-state index contributed by atoms with van der Waals surface area (Å²) in [4.78, 5) is 19.2. The highest BCUT2D eigenvalue weighted by molar-refractivity contribution is 7.99. The van der Waals surface area contributed by atoms with Gasteiger partial charge in [0.15, 0.2) is 0 Å². The van der Waals surface area contributed by atoms with Gasteiger partial charge in [-0.2, -0.15) is 0 Å². The molecule has 1 saturated heterocycles. The first-order chi connectivity index (χ1) is 9.46. The van der Waals surface area contributed by atoms with Gasteiger partial charge in [0.25, 0.3) is 0 Å². The van der Waals surface area contributed by atoms with E-state index in [2.05, 4.69) is 4.98 Å². The second kappa shape index (κ2) is 6.48. The van der Waals surface area contributed by atoms with Crippen LogP contribution in [0.15, 0.2) is 29.4 Å². The molecule has 5 heteroatoms. The van der Waals surface area contributed by atoms with E-state index in [1.54, 1.807) is 24.2 Å². The maximum absolute atomic E-state index is 12.2. The third-order valence-corrected chi connectivity index (χ3v) is 4.25. The number of amides is 1. The van der Waals surface area contributed by atoms with E-state index in [9.17, 15) is 4.79 Å². The van der Waals surface area contributed by atoms with Crippen LogP contribution in [0.3, 0.4) is 0 Å². The molecular formula is C15H22N2O2S. The Balaban J connectivity index is 1.89. The van der Waals surface area contributed by atoms with Gasteiger partial charge >= 0.3 is 6.09 Å². The van der Waals surface area contributed by atoms with Crippen LogP contribution in [-0.2, 0) is 4.74 Å². The SMILES string of the molecule is CC(C)(C)OC(=O)N1CCCC1CSc1ccncc1. The van der Waals surface area contributed by atoms with Crippen LogP contribution < -0.4 is 0 Å². The lowest BCUT2D eigenvalue weighted by Crippen LogP contribution is -2.40. The molecule has 1 unspecified atom stereocenters. The van der Waals surface area contributed by atoms with Crippen LogP contribution in [0.2, 0.25) is 0 Å². The zero-order valence-electron chi connectivity index (χ0n) is 12.3. The van der Waals surface area contributed by atoms with E-state index in [-0.39, 0.29) is 12.1 Å². The topological polar surface area (TPSA) is 42.4 Å². The van der Waals surface area contributed by atoms with Gasteiger partial charge in [-0.3, -0.25) is 4.98 Å². The van der Waals surface area contributed by atoms with Crippen molar-refractivity contribution in [1.82, 2.24) is 9.88 Å². The number of nitrogens with zero attached hydrogens (tertiary/aromatic N) is 2. The van der Waals surface area contributed by atoms with E-state index in [0.29, 0.717) is 0 Å². The van der Waals surface area contributed by atoms with E-state index in [0.717, 1.165) is 25.1 Å². The van der Waals surface area contributed by atoms with Gasteiger partial charge in [0.05, 0.1) is 0 Å². The fourth-order valence-electron chi connectivity index (χ4n) is 2.20. The molecule has 1 atom stereocenters. The molecule has 20 heavy (non-hydrogen) atoms. The highest BCUT2D eigenvalue weighted by Crippen LogP contribution is 2.26. The fourth-order valence-corrected chi connectivity index (χ4v) is 3.24. The Morgan fingerprint density at radius 2 is 2.15 bits per heavy atom. The van der Waals surface area contributed by atoms with Gasteiger partial charge in [0.2, 0.25) is 0 Å². The number of hydrogen-bond acceptors (Lipinski definition) is 4. The van der Waals surface area contributed by atoms with Crippen molar-refractivity contribution in [3.8, 4) is 0 Å². The molecule has 1 aliphatic heterocycles. The molecule has 1 aliphatic rings. The molecule has 2 heterocycles. The lowest BCUT2D eigenvalue weighted by Gasteiger charge is -2.28. The van der Waals surface area contributed by atoms with Crippen molar-refractivity contribution in [1.29, 1.82) is 0 Å². The quantitative estimate of drug-likeness (QED) is 0.799. The summed E-state index contributed by atoms with van der Waals surface area (Å²) >= 11 is 1.77. The molecule has 0 radical (unpaired) electrons. The van der Waals surface area contributed by atoms with Gasteiger partial charge in [-0.1, -0.05) is 0 Å². The summed E-state index contributed by atoms with van der Waals surface area (Å²) in [5, 5.41) is 0. The van der Waals surface area contributed by atoms with Crippen LogP contribution in [-0.4, -0.2) is 39.9 Å². The molecule has 0 saturated carbocycles. The summed E-state index contributed by atoms with van der Waals surface area (Å²) in [5.74, 6) is 0.906. The van der Waals surface area contributed by atoms with Crippen molar-refractivity contribution < 1.29 is 9.53 Å². The third kappa shape index (κ3) is 4.40. The second-order valence-electron chi connectivity index (χ2n) is 5.96. The first kappa shape index (κ1) is 15.2. The standard InChI is InChI=1S/C15H22N2O2S/c1-15(2,3)19-14(18)17-10-4-5-12(17)11-20-13-6-8-16-9-7-13/h6-9,12H,4-5,10-11H2,1-3H3. The normalized spacial score (nSPS) is 19.1. The van der Waals surface area contributed by atoms with Gasteiger partial charge < -0.3 is 9.64 Å². The molecule has 0 N–H and O–H groups in total. The predicted molar refractivity (Wildman–Crippen MR) is 80.9 cm³/mol. The first-order valence-corrected chi connectivity index (χ1v) is 7.97. The number of aromatic nitrogens is 1. The lowest BCUT2D eigenvalue weighted by atomic mass is 10.2. The number of hydrogen-bond donors (Lipinski definition) is 0. The largest absolute Gasteiger partial charge is 0.444 e. The van der Waals surface area contributed by atoms with Crippen molar-refractivity contribution in [3.05, 3.63) is 24.5 Å². The van der Waals surface area contributed by atoms with Crippen molar-refractivity contribution >= 4 is 17.9 Å². The van der Waals surface area contributed by atoms with Gasteiger partial charge in [-0.15, -0.1) is 11.8 Å². The van der Waals surface area contributed by atoms with Gasteiger partial charge in [-0.25, -0.2) is 4.79 Å². The minimum absolute atomic E-state index is 0.185. The van der Waals surface area contributed by atoms with Crippen molar-refractivity contribution in [2.45, 2.75) is 50.2 Å². The average Bonchev–Trinajstić information content (AvgIpc) is 2.84. The zero-order chi connectivity index (χ0) is 14.6. The van der Waals surface area contributed by atoms with E-state index >= 15 is 0 Å². The zero-order valence-corrected chi connectivity index (χ0v) is 13.2. The minimum atomic E-state index is -0.428. The number of ether oxygens (including phenoxy) is 1. The van der Waals surface area contributed by atoms with Gasteiger partial charge in [-0.05, 0) is 45.7 Å². The Morgan fingerprint density at radius 3 is 2.80 bits per heavy atom. The maximum Gasteiger partial charge on any atom is 0.410 e. The fraction of sp³-hybridized carbons (Fsp3) is 0.600. The molecule has 1 fully saturated rings. The highest BCUT2D eigenvalue weighted by Gasteiger charge is 2.31. The summed E-state index contributed by atoms with van der Waals surface area (Å²) in [6, 6.07) is 4.26. The molecular weight excluding hydrogens is 272 g/mol. The Kier molecular flexibility index (Phi) is 4.91. The minimum Gasteiger partial charge on any atom is -0.444 e. The number of pyridine rings is 1. The Labute approximate surface area is 124 Å². The average molecular weight is 294 g/mol. The Morgan fingerprint density at radius 1 is 1.45 bits per heavy atom. The Bertz CT molecular complexity index is 445. The summed E-state index contributed by atoms with van der Waals surface area (Å²) in [6.07, 6.45) is 5.51. The molecule has 0 spiro atoms. The van der Waals surface area contributed by atoms with E-state index in [1.807, 2.05) is 37.8 Å². The van der Waals surface area contributed by atoms with Crippen LogP contribution in [0.25, 0.3) is 0 Å². The second-order valence-corrected chi connectivity index (χ2v) is 7.06. The lowest BCUT2D eigenvalue weighted by molar-refractivity contribution is 0.0242. The monoisotopic (exact) mass is 294 g/mol. The van der Waals surface area contributed by atoms with Crippen LogP contribution in [0.1, 0.15) is 33.6 Å². The number of likely N-dealkylation sites (tertiary alicyclic amines) is 1. The maximum atomic E-state index is 12.2. The molecule has 0 aromatic carbocycles. The van der Waals surface area contributed by atoms with Crippen LogP contribution >= 0.6 is 11.8 Å². The van der Waals surface area contributed by atoms with E-state index in [1.165, 1.54) is 4.90 Å². The smallest absolute Gasteiger partial charge is 0.410 e. The van der Waals surface area contributed by atoms with Gasteiger partial charge in [0.1, 0.15) is 5.60 Å². The molecule has 1 amide bonds. The summed E-state index contributed by atoms with van der Waals surface area (Å²) in [7, 11) is 0. The first-order valence-electron chi connectivity index (χ1n) is 6.98. The molecule has 2 rings (SSSR count). The van der Waals surface area contributed by atoms with Gasteiger partial charge in [0, 0.05) is 35.6 Å². The highest BCUT2D eigenvalue weighted by atomic mass is 32.2. The predicted octanol–water partition coefficient (Wildman–Crippen LogP) is 3.57. The summed E-state index contributed by atoms with van der Waals surface area (Å²) in [6.45, 7) is 6.52. The van der Waals surface area contributed by atoms with Crippen LogP contribution in [0.4, 0.5) is 4.79 Å². The van der Waals surface area contributed by atoms with Crippen molar-refractivity contribution in [2.75, 3.05) is 12.3 Å². The van der Waals surface area contributed by atoms with E-state index in [4.69, 9.17) is 4.74 Å². The third-order valence-electron chi connectivity index (χ3n) is 3.10.